The van der Waals surface area contributed by atoms with Gasteiger partial charge >= 0.3 is 5.97 Å². The molecular weight excluding hydrogens is 284 g/mol. The van der Waals surface area contributed by atoms with E-state index < -0.39 is 5.38 Å². The van der Waals surface area contributed by atoms with Gasteiger partial charge in [0.05, 0.1) is 0 Å². The Hall–Kier alpha value is -1.02. The number of benzene rings is 1. The molecule has 0 saturated heterocycles. The molecule has 0 radical (unpaired) electrons. The number of rotatable bonds is 3. The van der Waals surface area contributed by atoms with E-state index >= 15 is 0 Å². The van der Waals surface area contributed by atoms with E-state index in [1.165, 1.54) is 6.42 Å². The Morgan fingerprint density at radius 1 is 1.29 bits per heavy atom. The topological polar surface area (TPSA) is 26.3 Å². The lowest BCUT2D eigenvalue weighted by Gasteiger charge is -2.38. The molecule has 2 fully saturated rings. The molecule has 4 unspecified atom stereocenters. The van der Waals surface area contributed by atoms with Crippen molar-refractivity contribution in [3.05, 3.63) is 35.9 Å². The second-order valence-corrected chi connectivity index (χ2v) is 7.75. The van der Waals surface area contributed by atoms with E-state index in [1.54, 1.807) is 0 Å². The Morgan fingerprint density at radius 3 is 2.48 bits per heavy atom. The molecular formula is C18H23ClO2. The number of esters is 1. The van der Waals surface area contributed by atoms with Crippen LogP contribution < -0.4 is 0 Å². The van der Waals surface area contributed by atoms with Gasteiger partial charge in [-0.2, -0.15) is 0 Å². The predicted molar refractivity (Wildman–Crippen MR) is 84.1 cm³/mol. The van der Waals surface area contributed by atoms with E-state index in [4.69, 9.17) is 16.3 Å². The van der Waals surface area contributed by atoms with E-state index in [0.29, 0.717) is 5.92 Å². The van der Waals surface area contributed by atoms with E-state index in [-0.39, 0.29) is 22.9 Å². The lowest BCUT2D eigenvalue weighted by atomic mass is 9.70. The zero-order valence-electron chi connectivity index (χ0n) is 12.9. The molecule has 3 heteroatoms. The number of alkyl halides is 1. The van der Waals surface area contributed by atoms with Crippen LogP contribution in [0.25, 0.3) is 0 Å². The summed E-state index contributed by atoms with van der Waals surface area (Å²) < 4.78 is 5.83. The summed E-state index contributed by atoms with van der Waals surface area (Å²) in [5, 5.41) is -0.711. The third-order valence-electron chi connectivity index (χ3n) is 6.27. The van der Waals surface area contributed by atoms with Gasteiger partial charge in [-0.1, -0.05) is 51.1 Å². The second kappa shape index (κ2) is 5.01. The molecule has 2 nitrogen and oxygen atoms in total. The number of ether oxygens (including phenoxy) is 1. The first-order chi connectivity index (χ1) is 9.86. The standard InChI is InChI=1S/C18H23ClO2/c1-17(2)13-9-10-18(17,3)14(11-13)21-16(20)15(19)12-7-5-4-6-8-12/h4-8,13-15H,9-11H2,1-3H3. The van der Waals surface area contributed by atoms with Crippen molar-refractivity contribution in [2.24, 2.45) is 16.7 Å². The molecule has 4 atom stereocenters. The average Bonchev–Trinajstić information content (AvgIpc) is 2.80. The highest BCUT2D eigenvalue weighted by molar-refractivity contribution is 6.29. The molecule has 0 heterocycles. The quantitative estimate of drug-likeness (QED) is 0.596. The van der Waals surface area contributed by atoms with Gasteiger partial charge in [-0.15, -0.1) is 11.6 Å². The van der Waals surface area contributed by atoms with Crippen molar-refractivity contribution >= 4 is 17.6 Å². The fraction of sp³-hybridized carbons (Fsp3) is 0.611. The average molecular weight is 307 g/mol. The van der Waals surface area contributed by atoms with Gasteiger partial charge in [-0.05, 0) is 36.2 Å². The smallest absolute Gasteiger partial charge is 0.328 e. The van der Waals surface area contributed by atoms with Crippen molar-refractivity contribution in [1.29, 1.82) is 0 Å². The van der Waals surface area contributed by atoms with E-state index in [9.17, 15) is 4.79 Å². The van der Waals surface area contributed by atoms with Gasteiger partial charge in [-0.3, -0.25) is 4.79 Å². The van der Waals surface area contributed by atoms with Crippen LogP contribution in [-0.4, -0.2) is 12.1 Å². The van der Waals surface area contributed by atoms with Crippen LogP contribution in [0.15, 0.2) is 30.3 Å². The summed E-state index contributed by atoms with van der Waals surface area (Å²) in [6.45, 7) is 6.89. The zero-order chi connectivity index (χ0) is 15.3. The Bertz CT molecular complexity index is 539. The molecule has 0 spiro atoms. The highest BCUT2D eigenvalue weighted by Crippen LogP contribution is 2.66. The second-order valence-electron chi connectivity index (χ2n) is 7.31. The molecule has 2 saturated carbocycles. The molecule has 1 aromatic rings. The Kier molecular flexibility index (Phi) is 3.56. The Morgan fingerprint density at radius 2 is 1.95 bits per heavy atom. The predicted octanol–water partition coefficient (Wildman–Crippen LogP) is 4.72. The third kappa shape index (κ3) is 2.19. The van der Waals surface area contributed by atoms with E-state index in [1.807, 2.05) is 30.3 Å². The van der Waals surface area contributed by atoms with E-state index in [0.717, 1.165) is 18.4 Å². The van der Waals surface area contributed by atoms with Crippen molar-refractivity contribution in [2.45, 2.75) is 51.5 Å². The number of carbonyl (C=O) groups is 1. The van der Waals surface area contributed by atoms with Gasteiger partial charge in [0.25, 0.3) is 0 Å². The summed E-state index contributed by atoms with van der Waals surface area (Å²) in [6.07, 6.45) is 3.37. The molecule has 0 aromatic heterocycles. The molecule has 1 aromatic carbocycles. The van der Waals surface area contributed by atoms with Gasteiger partial charge in [-0.25, -0.2) is 0 Å². The summed E-state index contributed by atoms with van der Waals surface area (Å²) in [5.74, 6) is 0.350. The Balaban J connectivity index is 1.72. The van der Waals surface area contributed by atoms with Crippen LogP contribution in [0.4, 0.5) is 0 Å². The van der Waals surface area contributed by atoms with Crippen LogP contribution in [0.1, 0.15) is 51.0 Å². The fourth-order valence-electron chi connectivity index (χ4n) is 4.27. The number of hydrogen-bond acceptors (Lipinski definition) is 2. The molecule has 2 aliphatic rings. The molecule has 0 N–H and O–H groups in total. The maximum absolute atomic E-state index is 12.4. The van der Waals surface area contributed by atoms with Crippen molar-refractivity contribution < 1.29 is 9.53 Å². The highest BCUT2D eigenvalue weighted by atomic mass is 35.5. The molecule has 3 rings (SSSR count). The van der Waals surface area contributed by atoms with Crippen molar-refractivity contribution in [1.82, 2.24) is 0 Å². The lowest BCUT2D eigenvalue weighted by molar-refractivity contribution is -0.156. The molecule has 2 aliphatic carbocycles. The molecule has 21 heavy (non-hydrogen) atoms. The first-order valence-electron chi connectivity index (χ1n) is 7.76. The largest absolute Gasteiger partial charge is 0.460 e. The SMILES string of the molecule is CC1(C)C2CCC1(C)C(OC(=O)C(Cl)c1ccccc1)C2. The van der Waals surface area contributed by atoms with E-state index in [2.05, 4.69) is 20.8 Å². The number of fused-ring (bicyclic) bond motifs is 2. The van der Waals surface area contributed by atoms with Crippen LogP contribution in [0.5, 0.6) is 0 Å². The number of halogens is 1. The minimum Gasteiger partial charge on any atom is -0.460 e. The molecule has 114 valence electrons. The molecule has 0 aliphatic heterocycles. The monoisotopic (exact) mass is 306 g/mol. The van der Waals surface area contributed by atoms with Crippen LogP contribution >= 0.6 is 11.6 Å². The number of hydrogen-bond donors (Lipinski definition) is 0. The van der Waals surface area contributed by atoms with Gasteiger partial charge in [0.15, 0.2) is 5.38 Å². The lowest BCUT2D eigenvalue weighted by Crippen LogP contribution is -2.38. The fourth-order valence-corrected chi connectivity index (χ4v) is 4.46. The van der Waals surface area contributed by atoms with Gasteiger partial charge < -0.3 is 4.74 Å². The summed E-state index contributed by atoms with van der Waals surface area (Å²) in [6, 6.07) is 9.43. The minimum atomic E-state index is -0.711. The Labute approximate surface area is 131 Å². The molecule has 0 amide bonds. The molecule has 2 bridgehead atoms. The zero-order valence-corrected chi connectivity index (χ0v) is 13.7. The van der Waals surface area contributed by atoms with Gasteiger partial charge in [0, 0.05) is 5.41 Å². The minimum absolute atomic E-state index is 0.00344. The van der Waals surface area contributed by atoms with Crippen LogP contribution in [0, 0.1) is 16.7 Å². The highest BCUT2D eigenvalue weighted by Gasteiger charge is 2.63. The van der Waals surface area contributed by atoms with Crippen molar-refractivity contribution in [3.8, 4) is 0 Å². The van der Waals surface area contributed by atoms with Crippen LogP contribution in [-0.2, 0) is 9.53 Å². The summed E-state index contributed by atoms with van der Waals surface area (Å²) >= 11 is 6.28. The van der Waals surface area contributed by atoms with Crippen molar-refractivity contribution in [2.75, 3.05) is 0 Å². The van der Waals surface area contributed by atoms with Gasteiger partial charge in [0.1, 0.15) is 6.10 Å². The summed E-state index contributed by atoms with van der Waals surface area (Å²) in [5.41, 5.74) is 1.13. The first-order valence-corrected chi connectivity index (χ1v) is 8.19. The first kappa shape index (κ1) is 14.9. The summed E-state index contributed by atoms with van der Waals surface area (Å²) in [7, 11) is 0. The van der Waals surface area contributed by atoms with Crippen LogP contribution in [0.3, 0.4) is 0 Å². The number of carbonyl (C=O) groups excluding carboxylic acids is 1. The maximum atomic E-state index is 12.4. The third-order valence-corrected chi connectivity index (χ3v) is 6.70. The van der Waals surface area contributed by atoms with Crippen molar-refractivity contribution in [3.63, 3.8) is 0 Å². The normalized spacial score (nSPS) is 34.7. The van der Waals surface area contributed by atoms with Gasteiger partial charge in [0.2, 0.25) is 0 Å². The van der Waals surface area contributed by atoms with Crippen LogP contribution in [0.2, 0.25) is 0 Å². The maximum Gasteiger partial charge on any atom is 0.328 e. The summed E-state index contributed by atoms with van der Waals surface area (Å²) in [4.78, 5) is 12.4.